The number of hydrogen-bond acceptors (Lipinski definition) is 3. The third-order valence-corrected chi connectivity index (χ3v) is 5.56. The van der Waals surface area contributed by atoms with Gasteiger partial charge in [-0.15, -0.1) is 12.4 Å². The van der Waals surface area contributed by atoms with Gasteiger partial charge in [0.1, 0.15) is 12.0 Å². The molecule has 1 saturated heterocycles. The van der Waals surface area contributed by atoms with Gasteiger partial charge in [0.05, 0.1) is 11.4 Å². The number of anilines is 1. The lowest BCUT2D eigenvalue weighted by Crippen LogP contribution is -2.48. The number of aliphatic imine (C=N–C) groups is 1. The topological polar surface area (TPSA) is 35.9 Å². The standard InChI is InChI=1S/C18H16Cl2FN3OS.ClH/c1-11(25)24(16-8-5-13(20)9-15(16)21)17-10-26-18(23(17)2)22-14-6-3-12(19)4-7-14;/h3-9,17H,10H2,1-2H3;1H. The van der Waals surface area contributed by atoms with E-state index in [-0.39, 0.29) is 35.2 Å². The molecule has 0 radical (unpaired) electrons. The van der Waals surface area contributed by atoms with Crippen molar-refractivity contribution < 1.29 is 9.18 Å². The monoisotopic (exact) mass is 447 g/mol. The van der Waals surface area contributed by atoms with Crippen molar-refractivity contribution in [1.82, 2.24) is 4.90 Å². The van der Waals surface area contributed by atoms with E-state index in [0.717, 1.165) is 10.9 Å². The van der Waals surface area contributed by atoms with Gasteiger partial charge >= 0.3 is 0 Å². The molecule has 0 N–H and O–H groups in total. The number of benzene rings is 2. The molecule has 0 bridgehead atoms. The van der Waals surface area contributed by atoms with Gasteiger partial charge in [0.15, 0.2) is 5.17 Å². The minimum Gasteiger partial charge on any atom is -0.333 e. The van der Waals surface area contributed by atoms with Crippen LogP contribution in [0.2, 0.25) is 10.0 Å². The number of nitrogens with zero attached hydrogens (tertiary/aromatic N) is 3. The third kappa shape index (κ3) is 4.88. The van der Waals surface area contributed by atoms with Crippen LogP contribution in [0.1, 0.15) is 6.92 Å². The molecule has 3 rings (SSSR count). The Morgan fingerprint density at radius 1 is 1.22 bits per heavy atom. The summed E-state index contributed by atoms with van der Waals surface area (Å²) in [5.41, 5.74) is 0.962. The maximum atomic E-state index is 14.4. The normalized spacial score (nSPS) is 17.7. The van der Waals surface area contributed by atoms with E-state index in [4.69, 9.17) is 23.2 Å². The first-order valence-corrected chi connectivity index (χ1v) is 9.55. The second kappa shape index (κ2) is 9.15. The minimum atomic E-state index is -0.533. The Hall–Kier alpha value is -1.47. The maximum absolute atomic E-state index is 14.4. The highest BCUT2D eigenvalue weighted by Gasteiger charge is 2.35. The van der Waals surface area contributed by atoms with Crippen LogP contribution in [0.25, 0.3) is 0 Å². The fourth-order valence-electron chi connectivity index (χ4n) is 2.69. The summed E-state index contributed by atoms with van der Waals surface area (Å²) in [5, 5.41) is 1.67. The molecule has 2 aromatic rings. The van der Waals surface area contributed by atoms with Gasteiger partial charge in [-0.2, -0.15) is 0 Å². The van der Waals surface area contributed by atoms with Crippen molar-refractivity contribution in [2.24, 2.45) is 4.99 Å². The largest absolute Gasteiger partial charge is 0.333 e. The van der Waals surface area contributed by atoms with Crippen LogP contribution in [0.15, 0.2) is 47.5 Å². The Bertz CT molecular complexity index is 863. The van der Waals surface area contributed by atoms with E-state index in [0.29, 0.717) is 10.8 Å². The van der Waals surface area contributed by atoms with Gasteiger partial charge in [-0.05, 0) is 42.5 Å². The van der Waals surface area contributed by atoms with Gasteiger partial charge in [0.2, 0.25) is 5.91 Å². The second-order valence-corrected chi connectivity index (χ2v) is 7.62. The molecule has 0 spiro atoms. The molecule has 1 aliphatic heterocycles. The zero-order valence-corrected chi connectivity index (χ0v) is 17.7. The number of thioether (sulfide) groups is 1. The Morgan fingerprint density at radius 2 is 1.85 bits per heavy atom. The molecule has 27 heavy (non-hydrogen) atoms. The van der Waals surface area contributed by atoms with Gasteiger partial charge < -0.3 is 4.90 Å². The Labute approximate surface area is 177 Å². The molecule has 0 aliphatic carbocycles. The maximum Gasteiger partial charge on any atom is 0.225 e. The Kier molecular flexibility index (Phi) is 7.40. The average Bonchev–Trinajstić information content (AvgIpc) is 2.93. The van der Waals surface area contributed by atoms with Crippen LogP contribution in [0.3, 0.4) is 0 Å². The fourth-order valence-corrected chi connectivity index (χ4v) is 4.14. The highest BCUT2D eigenvalue weighted by Crippen LogP contribution is 2.32. The van der Waals surface area contributed by atoms with Crippen LogP contribution in [0.5, 0.6) is 0 Å². The molecule has 1 amide bonds. The highest BCUT2D eigenvalue weighted by atomic mass is 35.5. The van der Waals surface area contributed by atoms with E-state index in [1.807, 2.05) is 24.1 Å². The highest BCUT2D eigenvalue weighted by molar-refractivity contribution is 8.14. The third-order valence-electron chi connectivity index (χ3n) is 3.97. The molecule has 9 heteroatoms. The Morgan fingerprint density at radius 3 is 2.44 bits per heavy atom. The summed E-state index contributed by atoms with van der Waals surface area (Å²) in [6.07, 6.45) is -0.348. The lowest BCUT2D eigenvalue weighted by atomic mass is 10.2. The number of hydrogen-bond donors (Lipinski definition) is 0. The van der Waals surface area contributed by atoms with Gasteiger partial charge in [-0.1, -0.05) is 35.0 Å². The van der Waals surface area contributed by atoms with Gasteiger partial charge in [-0.25, -0.2) is 9.38 Å². The number of amides is 1. The van der Waals surface area contributed by atoms with Crippen molar-refractivity contribution in [3.8, 4) is 0 Å². The summed E-state index contributed by atoms with van der Waals surface area (Å²) in [6, 6.07) is 11.5. The SMILES string of the molecule is CC(=O)N(c1ccc(Cl)cc1F)C1CSC(=Nc2ccc(Cl)cc2)N1C.Cl. The van der Waals surface area contributed by atoms with E-state index in [1.165, 1.54) is 35.7 Å². The van der Waals surface area contributed by atoms with E-state index in [2.05, 4.69) is 4.99 Å². The van der Waals surface area contributed by atoms with Crippen LogP contribution in [-0.4, -0.2) is 34.9 Å². The molecule has 4 nitrogen and oxygen atoms in total. The minimum absolute atomic E-state index is 0. The van der Waals surface area contributed by atoms with Crippen LogP contribution < -0.4 is 4.90 Å². The van der Waals surface area contributed by atoms with E-state index in [9.17, 15) is 9.18 Å². The predicted molar refractivity (Wildman–Crippen MR) is 114 cm³/mol. The van der Waals surface area contributed by atoms with Gasteiger partial charge in [0.25, 0.3) is 0 Å². The summed E-state index contributed by atoms with van der Waals surface area (Å²) in [6.45, 7) is 1.42. The summed E-state index contributed by atoms with van der Waals surface area (Å²) in [4.78, 5) is 20.2. The zero-order chi connectivity index (χ0) is 18.8. The molecule has 1 aliphatic rings. The van der Waals surface area contributed by atoms with Crippen molar-refractivity contribution in [2.75, 3.05) is 17.7 Å². The van der Waals surface area contributed by atoms with Crippen LogP contribution in [-0.2, 0) is 4.79 Å². The molecule has 1 fully saturated rings. The van der Waals surface area contributed by atoms with Crippen molar-refractivity contribution in [3.63, 3.8) is 0 Å². The quantitative estimate of drug-likeness (QED) is 0.613. The Balaban J connectivity index is 0.00000261. The van der Waals surface area contributed by atoms with Crippen LogP contribution in [0, 0.1) is 5.82 Å². The van der Waals surface area contributed by atoms with Crippen molar-refractivity contribution in [1.29, 1.82) is 0 Å². The molecule has 1 atom stereocenters. The van der Waals surface area contributed by atoms with Gasteiger partial charge in [-0.3, -0.25) is 9.69 Å². The molecule has 144 valence electrons. The van der Waals surface area contributed by atoms with E-state index < -0.39 is 5.82 Å². The van der Waals surface area contributed by atoms with Crippen molar-refractivity contribution >= 4 is 69.8 Å². The average molecular weight is 449 g/mol. The first-order chi connectivity index (χ1) is 12.4. The van der Waals surface area contributed by atoms with Crippen LogP contribution >= 0.6 is 47.4 Å². The zero-order valence-electron chi connectivity index (χ0n) is 14.5. The first kappa shape index (κ1) is 21.8. The molecule has 0 saturated carbocycles. The van der Waals surface area contributed by atoms with Gasteiger partial charge in [0, 0.05) is 29.8 Å². The number of rotatable bonds is 3. The number of amidine groups is 1. The summed E-state index contributed by atoms with van der Waals surface area (Å²) in [5.74, 6) is -0.212. The fraction of sp³-hybridized carbons (Fsp3) is 0.222. The van der Waals surface area contributed by atoms with Crippen molar-refractivity contribution in [2.45, 2.75) is 13.1 Å². The summed E-state index contributed by atoms with van der Waals surface area (Å²) < 4.78 is 14.4. The molecular weight excluding hydrogens is 432 g/mol. The molecular formula is C18H17Cl3FN3OS. The lowest BCUT2D eigenvalue weighted by Gasteiger charge is -2.33. The van der Waals surface area contributed by atoms with Crippen LogP contribution in [0.4, 0.5) is 15.8 Å². The number of carbonyl (C=O) groups is 1. The van der Waals surface area contributed by atoms with E-state index in [1.54, 1.807) is 18.2 Å². The lowest BCUT2D eigenvalue weighted by molar-refractivity contribution is -0.117. The molecule has 1 unspecified atom stereocenters. The van der Waals surface area contributed by atoms with Crippen molar-refractivity contribution in [3.05, 3.63) is 58.3 Å². The summed E-state index contributed by atoms with van der Waals surface area (Å²) >= 11 is 13.2. The predicted octanol–water partition coefficient (Wildman–Crippen LogP) is 5.60. The second-order valence-electron chi connectivity index (χ2n) is 5.76. The molecule has 1 heterocycles. The molecule has 2 aromatic carbocycles. The first-order valence-electron chi connectivity index (χ1n) is 7.81. The van der Waals surface area contributed by atoms with E-state index >= 15 is 0 Å². The summed E-state index contributed by atoms with van der Waals surface area (Å²) in [7, 11) is 1.84. The molecule has 0 aromatic heterocycles. The number of halogens is 4. The number of carbonyl (C=O) groups excluding carboxylic acids is 1. The smallest absolute Gasteiger partial charge is 0.225 e.